The van der Waals surface area contributed by atoms with Crippen LogP contribution in [0.2, 0.25) is 5.02 Å². The molecule has 1 amide bonds. The third kappa shape index (κ3) is 5.60. The van der Waals surface area contributed by atoms with Crippen molar-refractivity contribution < 1.29 is 17.9 Å². The van der Waals surface area contributed by atoms with Gasteiger partial charge in [0, 0.05) is 16.8 Å². The average Bonchev–Trinajstić information content (AvgIpc) is 2.73. The maximum Gasteiger partial charge on any atom is 0.264 e. The molecule has 0 saturated heterocycles. The molecule has 0 aliphatic rings. The summed E-state index contributed by atoms with van der Waals surface area (Å²) in [7, 11) is -4.01. The van der Waals surface area contributed by atoms with Crippen molar-refractivity contribution in [1.82, 2.24) is 0 Å². The zero-order valence-electron chi connectivity index (χ0n) is 18.1. The van der Waals surface area contributed by atoms with E-state index >= 15 is 0 Å². The van der Waals surface area contributed by atoms with Crippen LogP contribution in [-0.4, -0.2) is 27.5 Å². The fourth-order valence-electron chi connectivity index (χ4n) is 3.20. The number of ether oxygens (including phenoxy) is 1. The smallest absolute Gasteiger partial charge is 0.264 e. The first-order valence-corrected chi connectivity index (χ1v) is 11.9. The highest BCUT2D eigenvalue weighted by Gasteiger charge is 2.28. The van der Waals surface area contributed by atoms with E-state index in [1.54, 1.807) is 61.5 Å². The largest absolute Gasteiger partial charge is 0.494 e. The number of anilines is 2. The highest BCUT2D eigenvalue weighted by atomic mass is 35.5. The van der Waals surface area contributed by atoms with Crippen LogP contribution in [0.15, 0.2) is 71.6 Å². The van der Waals surface area contributed by atoms with Gasteiger partial charge in [0.1, 0.15) is 12.3 Å². The van der Waals surface area contributed by atoms with Crippen molar-refractivity contribution in [2.75, 3.05) is 22.8 Å². The van der Waals surface area contributed by atoms with Gasteiger partial charge in [-0.25, -0.2) is 8.42 Å². The lowest BCUT2D eigenvalue weighted by Gasteiger charge is -2.26. The molecule has 0 spiro atoms. The molecule has 0 aliphatic heterocycles. The average molecular weight is 473 g/mol. The molecule has 0 saturated carbocycles. The molecule has 6 nitrogen and oxygen atoms in total. The van der Waals surface area contributed by atoms with Crippen LogP contribution in [0.4, 0.5) is 11.4 Å². The first kappa shape index (κ1) is 23.6. The molecule has 0 aliphatic carbocycles. The Morgan fingerprint density at radius 3 is 2.41 bits per heavy atom. The van der Waals surface area contributed by atoms with Gasteiger partial charge < -0.3 is 10.1 Å². The minimum absolute atomic E-state index is 0.101. The summed E-state index contributed by atoms with van der Waals surface area (Å²) < 4.78 is 33.6. The van der Waals surface area contributed by atoms with E-state index < -0.39 is 22.5 Å². The van der Waals surface area contributed by atoms with Gasteiger partial charge in [-0.05, 0) is 68.8 Å². The molecule has 3 aromatic rings. The van der Waals surface area contributed by atoms with E-state index in [2.05, 4.69) is 5.32 Å². The molecule has 0 aromatic heterocycles. The number of carbonyl (C=O) groups is 1. The molecule has 0 heterocycles. The number of halogens is 1. The molecule has 32 heavy (non-hydrogen) atoms. The fraction of sp³-hybridized carbons (Fsp3) is 0.208. The van der Waals surface area contributed by atoms with Gasteiger partial charge in [-0.1, -0.05) is 35.4 Å². The summed E-state index contributed by atoms with van der Waals surface area (Å²) in [6.07, 6.45) is 0. The van der Waals surface area contributed by atoms with Gasteiger partial charge >= 0.3 is 0 Å². The number of carbonyl (C=O) groups excluding carboxylic acids is 1. The molecule has 3 rings (SSSR count). The number of nitrogens with zero attached hydrogens (tertiary/aromatic N) is 1. The second kappa shape index (κ2) is 10.1. The first-order chi connectivity index (χ1) is 15.2. The molecule has 0 bridgehead atoms. The van der Waals surface area contributed by atoms with Crippen LogP contribution in [0.25, 0.3) is 0 Å². The lowest BCUT2D eigenvalue weighted by Crippen LogP contribution is -2.38. The number of aryl methyl sites for hydroxylation is 2. The van der Waals surface area contributed by atoms with Gasteiger partial charge in [0.2, 0.25) is 5.91 Å². The molecule has 168 valence electrons. The zero-order chi connectivity index (χ0) is 23.3. The van der Waals surface area contributed by atoms with Crippen molar-refractivity contribution in [3.8, 4) is 5.75 Å². The predicted molar refractivity (Wildman–Crippen MR) is 128 cm³/mol. The minimum Gasteiger partial charge on any atom is -0.494 e. The second-order valence-corrected chi connectivity index (χ2v) is 9.56. The number of amides is 1. The maximum absolute atomic E-state index is 13.5. The Morgan fingerprint density at radius 1 is 1.03 bits per heavy atom. The molecule has 0 radical (unpaired) electrons. The van der Waals surface area contributed by atoms with E-state index in [1.165, 1.54) is 12.1 Å². The highest BCUT2D eigenvalue weighted by Crippen LogP contribution is 2.29. The van der Waals surface area contributed by atoms with E-state index in [0.717, 1.165) is 9.87 Å². The van der Waals surface area contributed by atoms with E-state index in [9.17, 15) is 13.2 Å². The molecule has 3 aromatic carbocycles. The monoisotopic (exact) mass is 472 g/mol. The Hall–Kier alpha value is -3.03. The van der Waals surface area contributed by atoms with Crippen molar-refractivity contribution in [2.24, 2.45) is 0 Å². The normalized spacial score (nSPS) is 11.1. The van der Waals surface area contributed by atoms with Gasteiger partial charge in [0.15, 0.2) is 0 Å². The summed E-state index contributed by atoms with van der Waals surface area (Å²) in [5, 5.41) is 3.24. The van der Waals surface area contributed by atoms with E-state index in [4.69, 9.17) is 16.3 Å². The van der Waals surface area contributed by atoms with Crippen LogP contribution in [0.5, 0.6) is 5.75 Å². The third-order valence-electron chi connectivity index (χ3n) is 4.75. The number of hydrogen-bond donors (Lipinski definition) is 1. The Kier molecular flexibility index (Phi) is 7.43. The molecule has 0 atom stereocenters. The minimum atomic E-state index is -4.01. The summed E-state index contributed by atoms with van der Waals surface area (Å²) in [5.74, 6) is 0.131. The number of nitrogens with one attached hydrogen (secondary N) is 1. The van der Waals surface area contributed by atoms with Gasteiger partial charge in [0.25, 0.3) is 10.0 Å². The summed E-state index contributed by atoms with van der Waals surface area (Å²) >= 11 is 6.06. The number of benzene rings is 3. The SMILES string of the molecule is CCOc1cccc(NC(=O)CN(c2ccc(Cl)cc2C)S(=O)(=O)c2ccc(C)cc2)c1. The summed E-state index contributed by atoms with van der Waals surface area (Å²) in [6, 6.07) is 18.3. The van der Waals surface area contributed by atoms with Crippen molar-refractivity contribution in [2.45, 2.75) is 25.7 Å². The van der Waals surface area contributed by atoms with E-state index in [1.807, 2.05) is 13.8 Å². The molecule has 0 fully saturated rings. The second-order valence-electron chi connectivity index (χ2n) is 7.26. The molecule has 8 heteroatoms. The molecular weight excluding hydrogens is 448 g/mol. The van der Waals surface area contributed by atoms with Crippen LogP contribution in [-0.2, 0) is 14.8 Å². The van der Waals surface area contributed by atoms with Crippen LogP contribution in [0, 0.1) is 13.8 Å². The Labute approximate surface area is 193 Å². The van der Waals surface area contributed by atoms with Crippen molar-refractivity contribution >= 4 is 38.9 Å². The lowest BCUT2D eigenvalue weighted by molar-refractivity contribution is -0.114. The van der Waals surface area contributed by atoms with Crippen molar-refractivity contribution in [3.63, 3.8) is 0 Å². The fourth-order valence-corrected chi connectivity index (χ4v) is 4.91. The van der Waals surface area contributed by atoms with Crippen LogP contribution in [0.1, 0.15) is 18.1 Å². The number of sulfonamides is 1. The summed E-state index contributed by atoms with van der Waals surface area (Å²) in [6.45, 7) is 5.59. The van der Waals surface area contributed by atoms with Crippen molar-refractivity contribution in [3.05, 3.63) is 82.9 Å². The lowest BCUT2D eigenvalue weighted by atomic mass is 10.2. The third-order valence-corrected chi connectivity index (χ3v) is 6.76. The quantitative estimate of drug-likeness (QED) is 0.489. The summed E-state index contributed by atoms with van der Waals surface area (Å²) in [4.78, 5) is 13.0. The van der Waals surface area contributed by atoms with Gasteiger partial charge in [-0.15, -0.1) is 0 Å². The number of rotatable bonds is 8. The Bertz CT molecular complexity index is 1210. The standard InChI is InChI=1S/C24H25ClN2O4S/c1-4-31-21-7-5-6-20(15-21)26-24(28)16-27(23-13-10-19(25)14-18(23)3)32(29,30)22-11-8-17(2)9-12-22/h5-15H,4,16H2,1-3H3,(H,26,28). The van der Waals surface area contributed by atoms with Gasteiger partial charge in [-0.2, -0.15) is 0 Å². The molecular formula is C24H25ClN2O4S. The topological polar surface area (TPSA) is 75.7 Å². The first-order valence-electron chi connectivity index (χ1n) is 10.1. The molecule has 1 N–H and O–H groups in total. The van der Waals surface area contributed by atoms with Crippen molar-refractivity contribution in [1.29, 1.82) is 0 Å². The Balaban J connectivity index is 1.95. The zero-order valence-corrected chi connectivity index (χ0v) is 19.7. The highest BCUT2D eigenvalue weighted by molar-refractivity contribution is 7.92. The predicted octanol–water partition coefficient (Wildman–Crippen LogP) is 5.19. The van der Waals surface area contributed by atoms with E-state index in [-0.39, 0.29) is 4.90 Å². The molecule has 0 unspecified atom stereocenters. The van der Waals surface area contributed by atoms with Crippen LogP contribution in [0.3, 0.4) is 0 Å². The van der Waals surface area contributed by atoms with Crippen LogP contribution >= 0.6 is 11.6 Å². The van der Waals surface area contributed by atoms with Crippen LogP contribution < -0.4 is 14.4 Å². The Morgan fingerprint density at radius 2 is 1.75 bits per heavy atom. The number of hydrogen-bond acceptors (Lipinski definition) is 4. The summed E-state index contributed by atoms with van der Waals surface area (Å²) in [5.41, 5.74) is 2.47. The van der Waals surface area contributed by atoms with Gasteiger partial charge in [-0.3, -0.25) is 9.10 Å². The van der Waals surface area contributed by atoms with Gasteiger partial charge in [0.05, 0.1) is 17.2 Å². The maximum atomic E-state index is 13.5. The van der Waals surface area contributed by atoms with E-state index in [0.29, 0.717) is 34.3 Å².